The molecule has 2 aliphatic heterocycles. The molecule has 2 aromatic rings. The Hall–Kier alpha value is -4.13. The summed E-state index contributed by atoms with van der Waals surface area (Å²) in [5.74, 6) is -0.175. The van der Waals surface area contributed by atoms with Gasteiger partial charge in [0.15, 0.2) is 0 Å². The Labute approximate surface area is 198 Å². The van der Waals surface area contributed by atoms with Crippen LogP contribution in [0.25, 0.3) is 10.8 Å². The van der Waals surface area contributed by atoms with Gasteiger partial charge in [-0.15, -0.1) is 0 Å². The lowest BCUT2D eigenvalue weighted by Crippen LogP contribution is -2.48. The largest absolute Gasteiger partial charge is 0.463 e. The van der Waals surface area contributed by atoms with Crippen molar-refractivity contribution in [2.24, 2.45) is 0 Å². The Kier molecular flexibility index (Phi) is 6.36. The predicted molar refractivity (Wildman–Crippen MR) is 133 cm³/mol. The number of aromatic amines is 1. The van der Waals surface area contributed by atoms with E-state index in [0.29, 0.717) is 27.9 Å². The molecular formula is C27H27N3O4. The highest BCUT2D eigenvalue weighted by Gasteiger charge is 2.51. The molecule has 0 saturated carbocycles. The lowest BCUT2D eigenvalue weighted by Gasteiger charge is -2.37. The number of nitrogens with one attached hydrogen (secondary N) is 1. The minimum Gasteiger partial charge on any atom is -0.463 e. The van der Waals surface area contributed by atoms with Crippen LogP contribution in [0.3, 0.4) is 0 Å². The van der Waals surface area contributed by atoms with E-state index in [2.05, 4.69) is 4.98 Å². The molecule has 7 heteroatoms. The number of ketones is 1. The van der Waals surface area contributed by atoms with Crippen LogP contribution in [0.2, 0.25) is 0 Å². The normalized spacial score (nSPS) is 17.0. The molecule has 0 atom stereocenters. The summed E-state index contributed by atoms with van der Waals surface area (Å²) in [7, 11) is 0. The number of hydrogen-bond acceptors (Lipinski definition) is 6. The molecule has 1 N–H and O–H groups in total. The van der Waals surface area contributed by atoms with E-state index in [4.69, 9.17) is 4.74 Å². The number of carbonyl (C=O) groups is 2. The Balaban J connectivity index is 1.96. The minimum absolute atomic E-state index is 0.136. The molecule has 0 amide bonds. The van der Waals surface area contributed by atoms with Gasteiger partial charge in [-0.3, -0.25) is 9.59 Å². The van der Waals surface area contributed by atoms with Crippen molar-refractivity contribution >= 4 is 28.3 Å². The molecule has 3 heterocycles. The first-order chi connectivity index (χ1) is 16.5. The van der Waals surface area contributed by atoms with Gasteiger partial charge in [0.2, 0.25) is 5.78 Å². The van der Waals surface area contributed by atoms with Crippen LogP contribution >= 0.6 is 0 Å². The molecule has 34 heavy (non-hydrogen) atoms. The molecule has 0 aliphatic carbocycles. The summed E-state index contributed by atoms with van der Waals surface area (Å²) >= 11 is 0. The molecule has 2 aliphatic rings. The summed E-state index contributed by atoms with van der Waals surface area (Å²) in [6.07, 6.45) is 15.7. The molecular weight excluding hydrogens is 430 g/mol. The van der Waals surface area contributed by atoms with Crippen molar-refractivity contribution in [3.8, 4) is 0 Å². The van der Waals surface area contributed by atoms with E-state index >= 15 is 0 Å². The summed E-state index contributed by atoms with van der Waals surface area (Å²) in [6.45, 7) is 6.66. The number of nitrogens with zero attached hydrogens (tertiary/aromatic N) is 2. The average Bonchev–Trinajstić information content (AvgIpc) is 3.07. The third-order valence-corrected chi connectivity index (χ3v) is 5.88. The van der Waals surface area contributed by atoms with E-state index in [0.717, 1.165) is 6.54 Å². The Morgan fingerprint density at radius 1 is 1.09 bits per heavy atom. The van der Waals surface area contributed by atoms with Gasteiger partial charge in [-0.25, -0.2) is 4.79 Å². The maximum atomic E-state index is 14.1. The molecule has 174 valence electrons. The number of aromatic nitrogens is 1. The molecule has 7 nitrogen and oxygen atoms in total. The van der Waals surface area contributed by atoms with Crippen LogP contribution in [0, 0.1) is 0 Å². The second-order valence-corrected chi connectivity index (χ2v) is 7.88. The lowest BCUT2D eigenvalue weighted by atomic mass is 9.89. The van der Waals surface area contributed by atoms with E-state index < -0.39 is 11.5 Å². The molecule has 0 saturated heterocycles. The second kappa shape index (κ2) is 9.39. The fourth-order valence-corrected chi connectivity index (χ4v) is 4.32. The number of esters is 1. The van der Waals surface area contributed by atoms with Crippen LogP contribution < -0.4 is 10.5 Å². The van der Waals surface area contributed by atoms with E-state index in [-0.39, 0.29) is 17.9 Å². The lowest BCUT2D eigenvalue weighted by molar-refractivity contribution is -0.137. The van der Waals surface area contributed by atoms with Gasteiger partial charge in [0.25, 0.3) is 5.56 Å². The first-order valence-corrected chi connectivity index (χ1v) is 11.3. The van der Waals surface area contributed by atoms with Crippen LogP contribution in [0.1, 0.15) is 31.1 Å². The summed E-state index contributed by atoms with van der Waals surface area (Å²) in [6, 6.07) is 7.11. The number of pyridine rings is 1. The molecule has 0 bridgehead atoms. The second-order valence-electron chi connectivity index (χ2n) is 7.88. The highest BCUT2D eigenvalue weighted by atomic mass is 16.5. The van der Waals surface area contributed by atoms with Gasteiger partial charge in [-0.05, 0) is 51.1 Å². The highest BCUT2D eigenvalue weighted by molar-refractivity contribution is 6.23. The number of H-pyrrole nitrogens is 1. The van der Waals surface area contributed by atoms with Crippen LogP contribution in [0.5, 0.6) is 0 Å². The van der Waals surface area contributed by atoms with Crippen LogP contribution in [-0.2, 0) is 9.53 Å². The Morgan fingerprint density at radius 2 is 1.79 bits per heavy atom. The van der Waals surface area contributed by atoms with E-state index in [1.165, 1.54) is 6.08 Å². The predicted octanol–water partition coefficient (Wildman–Crippen LogP) is 4.21. The van der Waals surface area contributed by atoms with Crippen LogP contribution in [0.15, 0.2) is 89.7 Å². The standard InChI is InChI=1S/C27H27N3O4/c1-4-10-19(11-9-14-22(31)34-6-3)30-25-23(20-12-7-8-13-21(20)26(33)28-25)24(32)27(30)15-17-29(5-2)18-16-27/h4,7-18H,5-6H2,1-3H3,(H,28,33). The van der Waals surface area contributed by atoms with Crippen LogP contribution in [-0.4, -0.2) is 40.3 Å². The van der Waals surface area contributed by atoms with Crippen molar-refractivity contribution in [1.82, 2.24) is 9.88 Å². The van der Waals surface area contributed by atoms with E-state index in [1.54, 1.807) is 37.3 Å². The maximum Gasteiger partial charge on any atom is 0.330 e. The fourth-order valence-electron chi connectivity index (χ4n) is 4.32. The number of benzene rings is 1. The van der Waals surface area contributed by atoms with Gasteiger partial charge < -0.3 is 19.5 Å². The molecule has 1 aromatic heterocycles. The van der Waals surface area contributed by atoms with Crippen molar-refractivity contribution in [3.63, 3.8) is 0 Å². The Bertz CT molecular complexity index is 1330. The van der Waals surface area contributed by atoms with Crippen molar-refractivity contribution in [2.45, 2.75) is 26.3 Å². The van der Waals surface area contributed by atoms with Crippen molar-refractivity contribution in [3.05, 3.63) is 101 Å². The third kappa shape index (κ3) is 3.79. The molecule has 1 spiro atoms. The van der Waals surface area contributed by atoms with Crippen LogP contribution in [0.4, 0.5) is 5.82 Å². The smallest absolute Gasteiger partial charge is 0.330 e. The van der Waals surface area contributed by atoms with E-state index in [1.807, 2.05) is 66.4 Å². The number of fused-ring (bicyclic) bond motifs is 3. The first kappa shape index (κ1) is 23.0. The van der Waals surface area contributed by atoms with Crippen molar-refractivity contribution < 1.29 is 14.3 Å². The minimum atomic E-state index is -1.16. The summed E-state index contributed by atoms with van der Waals surface area (Å²) in [5.41, 5.74) is -0.353. The highest BCUT2D eigenvalue weighted by Crippen LogP contribution is 2.45. The number of carbonyl (C=O) groups excluding carboxylic acids is 2. The quantitative estimate of drug-likeness (QED) is 0.398. The first-order valence-electron chi connectivity index (χ1n) is 11.3. The summed E-state index contributed by atoms with van der Waals surface area (Å²) in [5, 5.41) is 1.07. The molecule has 1 aromatic carbocycles. The molecule has 4 rings (SSSR count). The molecule has 0 unspecified atom stereocenters. The Morgan fingerprint density at radius 3 is 2.44 bits per heavy atom. The average molecular weight is 458 g/mol. The zero-order valence-corrected chi connectivity index (χ0v) is 19.4. The van der Waals surface area contributed by atoms with E-state index in [9.17, 15) is 14.4 Å². The number of Topliss-reactive ketones (excluding diaryl/α,β-unsaturated/α-hetero) is 1. The van der Waals surface area contributed by atoms with Gasteiger partial charge in [0.05, 0.1) is 12.2 Å². The van der Waals surface area contributed by atoms with Gasteiger partial charge in [-0.1, -0.05) is 30.4 Å². The van der Waals surface area contributed by atoms with Crippen molar-refractivity contribution in [2.75, 3.05) is 18.1 Å². The topological polar surface area (TPSA) is 82.7 Å². The number of allylic oxidation sites excluding steroid dienone is 4. The van der Waals surface area contributed by atoms with Gasteiger partial charge in [0, 0.05) is 41.5 Å². The third-order valence-electron chi connectivity index (χ3n) is 5.88. The van der Waals surface area contributed by atoms with Crippen molar-refractivity contribution in [1.29, 1.82) is 0 Å². The molecule has 0 radical (unpaired) electrons. The zero-order chi connectivity index (χ0) is 24.3. The maximum absolute atomic E-state index is 14.1. The number of rotatable bonds is 6. The fraction of sp³-hybridized carbons (Fsp3) is 0.222. The number of anilines is 1. The SMILES string of the molecule is CC=CC(=CC=CC(=O)OCC)N1c2[nH]c(=O)c3ccccc3c2C(=O)C12C=CN(CC)C=C2. The van der Waals surface area contributed by atoms with Gasteiger partial charge >= 0.3 is 5.97 Å². The zero-order valence-electron chi connectivity index (χ0n) is 19.4. The molecule has 0 fully saturated rings. The number of ether oxygens (including phenoxy) is 1. The summed E-state index contributed by atoms with van der Waals surface area (Å²) in [4.78, 5) is 45.6. The number of hydrogen-bond donors (Lipinski definition) is 1. The monoisotopic (exact) mass is 457 g/mol. The van der Waals surface area contributed by atoms with Gasteiger partial charge in [0.1, 0.15) is 11.4 Å². The van der Waals surface area contributed by atoms with Gasteiger partial charge in [-0.2, -0.15) is 0 Å². The summed E-state index contributed by atoms with van der Waals surface area (Å²) < 4.78 is 4.96.